The number of nitrogens with zero attached hydrogens (tertiary/aromatic N) is 3. The van der Waals surface area contributed by atoms with Crippen molar-refractivity contribution in [3.05, 3.63) is 23.6 Å². The standard InChI is InChI=1S/C13H18F3N3/c1-3-19-6-4-9(5-7-19)18(2)13-11(15)8-10(14)12(16)17-13/h8-9H,3-7H2,1-2H3. The summed E-state index contributed by atoms with van der Waals surface area (Å²) in [5.41, 5.74) is 0. The third kappa shape index (κ3) is 3.00. The molecule has 0 spiro atoms. The first-order valence-electron chi connectivity index (χ1n) is 6.49. The first-order chi connectivity index (χ1) is 9.02. The van der Waals surface area contributed by atoms with Crippen molar-refractivity contribution >= 4 is 5.82 Å². The Hall–Kier alpha value is -1.30. The Balaban J connectivity index is 2.12. The van der Waals surface area contributed by atoms with Gasteiger partial charge in [0.2, 0.25) is 0 Å². The van der Waals surface area contributed by atoms with Crippen molar-refractivity contribution in [1.29, 1.82) is 0 Å². The van der Waals surface area contributed by atoms with E-state index in [0.29, 0.717) is 6.07 Å². The summed E-state index contributed by atoms with van der Waals surface area (Å²) in [7, 11) is 1.68. The fraction of sp³-hybridized carbons (Fsp3) is 0.615. The van der Waals surface area contributed by atoms with Crippen molar-refractivity contribution in [2.45, 2.75) is 25.8 Å². The highest BCUT2D eigenvalue weighted by atomic mass is 19.2. The van der Waals surface area contributed by atoms with Gasteiger partial charge in [0.15, 0.2) is 17.5 Å². The molecule has 0 N–H and O–H groups in total. The van der Waals surface area contributed by atoms with Crippen LogP contribution >= 0.6 is 0 Å². The molecule has 0 atom stereocenters. The molecule has 1 aliphatic heterocycles. The van der Waals surface area contributed by atoms with Gasteiger partial charge >= 0.3 is 0 Å². The van der Waals surface area contributed by atoms with Crippen LogP contribution in [0, 0.1) is 17.6 Å². The average molecular weight is 273 g/mol. The average Bonchev–Trinajstić information content (AvgIpc) is 2.42. The molecular weight excluding hydrogens is 255 g/mol. The maximum atomic E-state index is 13.7. The van der Waals surface area contributed by atoms with Crippen LogP contribution < -0.4 is 4.90 Å². The van der Waals surface area contributed by atoms with Crippen molar-refractivity contribution in [2.75, 3.05) is 31.6 Å². The minimum Gasteiger partial charge on any atom is -0.354 e. The van der Waals surface area contributed by atoms with Gasteiger partial charge in [-0.1, -0.05) is 6.92 Å². The number of rotatable bonds is 3. The minimum atomic E-state index is -1.26. The highest BCUT2D eigenvalue weighted by molar-refractivity contribution is 5.40. The summed E-state index contributed by atoms with van der Waals surface area (Å²) in [5, 5.41) is 0. The van der Waals surface area contributed by atoms with Crippen LogP contribution in [-0.2, 0) is 0 Å². The Kier molecular flexibility index (Phi) is 4.29. The van der Waals surface area contributed by atoms with Crippen LogP contribution in [-0.4, -0.2) is 42.6 Å². The van der Waals surface area contributed by atoms with Gasteiger partial charge in [0.05, 0.1) is 0 Å². The monoisotopic (exact) mass is 273 g/mol. The van der Waals surface area contributed by atoms with Gasteiger partial charge in [-0.2, -0.15) is 9.37 Å². The van der Waals surface area contributed by atoms with E-state index in [1.165, 1.54) is 0 Å². The summed E-state index contributed by atoms with van der Waals surface area (Å²) < 4.78 is 39.6. The number of likely N-dealkylation sites (tertiary alicyclic amines) is 1. The molecule has 1 saturated heterocycles. The van der Waals surface area contributed by atoms with E-state index in [4.69, 9.17) is 0 Å². The van der Waals surface area contributed by atoms with Crippen LogP contribution in [0.2, 0.25) is 0 Å². The molecular formula is C13H18F3N3. The molecule has 6 heteroatoms. The zero-order valence-electron chi connectivity index (χ0n) is 11.2. The Morgan fingerprint density at radius 2 is 1.89 bits per heavy atom. The van der Waals surface area contributed by atoms with Gasteiger partial charge in [-0.15, -0.1) is 0 Å². The highest BCUT2D eigenvalue weighted by Gasteiger charge is 2.25. The molecule has 2 heterocycles. The summed E-state index contributed by atoms with van der Waals surface area (Å²) in [6.07, 6.45) is 1.73. The van der Waals surface area contributed by atoms with Crippen LogP contribution in [0.3, 0.4) is 0 Å². The van der Waals surface area contributed by atoms with Crippen molar-refractivity contribution in [3.63, 3.8) is 0 Å². The number of aromatic nitrogens is 1. The summed E-state index contributed by atoms with van der Waals surface area (Å²) in [6, 6.07) is 0.657. The Morgan fingerprint density at radius 1 is 1.26 bits per heavy atom. The number of pyridine rings is 1. The first kappa shape index (κ1) is 14.1. The van der Waals surface area contributed by atoms with Crippen molar-refractivity contribution in [2.24, 2.45) is 0 Å². The lowest BCUT2D eigenvalue weighted by molar-refractivity contribution is 0.220. The predicted octanol–water partition coefficient (Wildman–Crippen LogP) is 2.42. The van der Waals surface area contributed by atoms with E-state index < -0.39 is 17.6 Å². The van der Waals surface area contributed by atoms with Gasteiger partial charge in [0, 0.05) is 32.2 Å². The quantitative estimate of drug-likeness (QED) is 0.788. The van der Waals surface area contributed by atoms with E-state index >= 15 is 0 Å². The van der Waals surface area contributed by atoms with E-state index in [-0.39, 0.29) is 11.9 Å². The number of halogens is 3. The molecule has 3 nitrogen and oxygen atoms in total. The number of anilines is 1. The Bertz CT molecular complexity index is 445. The summed E-state index contributed by atoms with van der Waals surface area (Å²) in [4.78, 5) is 7.30. The largest absolute Gasteiger partial charge is 0.354 e. The minimum absolute atomic E-state index is 0.106. The molecule has 19 heavy (non-hydrogen) atoms. The zero-order chi connectivity index (χ0) is 14.0. The van der Waals surface area contributed by atoms with Crippen molar-refractivity contribution in [3.8, 4) is 0 Å². The fourth-order valence-corrected chi connectivity index (χ4v) is 2.48. The maximum absolute atomic E-state index is 13.7. The predicted molar refractivity (Wildman–Crippen MR) is 67.7 cm³/mol. The van der Waals surface area contributed by atoms with Gasteiger partial charge in [-0.25, -0.2) is 8.78 Å². The molecule has 2 rings (SSSR count). The lowest BCUT2D eigenvalue weighted by atomic mass is 10.0. The normalized spacial score (nSPS) is 17.7. The molecule has 1 aromatic heterocycles. The van der Waals surface area contributed by atoms with E-state index in [0.717, 1.165) is 32.5 Å². The summed E-state index contributed by atoms with van der Waals surface area (Å²) in [6.45, 7) is 4.95. The lowest BCUT2D eigenvalue weighted by Gasteiger charge is -2.36. The second-order valence-corrected chi connectivity index (χ2v) is 4.84. The van der Waals surface area contributed by atoms with Crippen molar-refractivity contribution < 1.29 is 13.2 Å². The highest BCUT2D eigenvalue weighted by Crippen LogP contribution is 2.24. The number of hydrogen-bond donors (Lipinski definition) is 0. The SMILES string of the molecule is CCN1CCC(N(C)c2nc(F)c(F)cc2F)CC1. The molecule has 0 aromatic carbocycles. The number of piperidine rings is 1. The van der Waals surface area contributed by atoms with Gasteiger partial charge in [-0.05, 0) is 19.4 Å². The second-order valence-electron chi connectivity index (χ2n) is 4.84. The maximum Gasteiger partial charge on any atom is 0.251 e. The molecule has 0 radical (unpaired) electrons. The van der Waals surface area contributed by atoms with E-state index in [9.17, 15) is 13.2 Å². The van der Waals surface area contributed by atoms with E-state index in [1.54, 1.807) is 11.9 Å². The summed E-state index contributed by atoms with van der Waals surface area (Å²) >= 11 is 0. The number of hydrogen-bond acceptors (Lipinski definition) is 3. The first-order valence-corrected chi connectivity index (χ1v) is 6.49. The molecule has 1 fully saturated rings. The van der Waals surface area contributed by atoms with Crippen LogP contribution in [0.15, 0.2) is 6.07 Å². The van der Waals surface area contributed by atoms with Crippen molar-refractivity contribution in [1.82, 2.24) is 9.88 Å². The molecule has 1 aromatic rings. The lowest BCUT2D eigenvalue weighted by Crippen LogP contribution is -2.44. The Morgan fingerprint density at radius 3 is 2.47 bits per heavy atom. The Labute approximate surface area is 111 Å². The molecule has 0 unspecified atom stereocenters. The zero-order valence-corrected chi connectivity index (χ0v) is 11.2. The third-order valence-electron chi connectivity index (χ3n) is 3.75. The molecule has 0 amide bonds. The van der Waals surface area contributed by atoms with E-state index in [2.05, 4.69) is 16.8 Å². The van der Waals surface area contributed by atoms with Gasteiger partial charge in [0.1, 0.15) is 0 Å². The van der Waals surface area contributed by atoms with Crippen LogP contribution in [0.25, 0.3) is 0 Å². The molecule has 0 saturated carbocycles. The fourth-order valence-electron chi connectivity index (χ4n) is 2.48. The molecule has 106 valence electrons. The van der Waals surface area contributed by atoms with Gasteiger partial charge in [-0.3, -0.25) is 0 Å². The van der Waals surface area contributed by atoms with Gasteiger partial charge in [0.25, 0.3) is 5.95 Å². The van der Waals surface area contributed by atoms with Crippen LogP contribution in [0.1, 0.15) is 19.8 Å². The summed E-state index contributed by atoms with van der Waals surface area (Å²) in [5.74, 6) is -3.45. The van der Waals surface area contributed by atoms with Crippen LogP contribution in [0.4, 0.5) is 19.0 Å². The molecule has 0 aliphatic carbocycles. The van der Waals surface area contributed by atoms with E-state index in [1.807, 2.05) is 0 Å². The van der Waals surface area contributed by atoms with Crippen LogP contribution in [0.5, 0.6) is 0 Å². The third-order valence-corrected chi connectivity index (χ3v) is 3.75. The second kappa shape index (κ2) is 5.77. The molecule has 0 bridgehead atoms. The van der Waals surface area contributed by atoms with Gasteiger partial charge < -0.3 is 9.80 Å². The molecule has 1 aliphatic rings. The topological polar surface area (TPSA) is 19.4 Å². The smallest absolute Gasteiger partial charge is 0.251 e.